The third-order valence-electron chi connectivity index (χ3n) is 7.44. The summed E-state index contributed by atoms with van der Waals surface area (Å²) in [6, 6.07) is 21.5. The van der Waals surface area contributed by atoms with Crippen molar-refractivity contribution in [1.82, 2.24) is 0 Å². The minimum absolute atomic E-state index is 0.0712. The largest absolute Gasteiger partial charge is 0.494 e. The Balaban J connectivity index is 1.30. The van der Waals surface area contributed by atoms with E-state index in [9.17, 15) is 8.78 Å². The highest BCUT2D eigenvalue weighted by Crippen LogP contribution is 2.39. The van der Waals surface area contributed by atoms with Crippen molar-refractivity contribution >= 4 is 0 Å². The lowest BCUT2D eigenvalue weighted by Crippen LogP contribution is -2.15. The molecular formula is C31H36F2O. The molecule has 1 saturated carbocycles. The van der Waals surface area contributed by atoms with E-state index in [2.05, 4.69) is 12.1 Å². The van der Waals surface area contributed by atoms with Crippen LogP contribution in [0.15, 0.2) is 66.7 Å². The summed E-state index contributed by atoms with van der Waals surface area (Å²) < 4.78 is 35.4. The highest BCUT2D eigenvalue weighted by Gasteiger charge is 2.24. The standard InChI is InChI=1S/C31H36F2O/c1-3-34-28-17-13-24(14-18-28)10-9-23-11-15-26(16-12-23)27-20-30(32)29(31(33)21-27)19-22(2)25-7-5-4-6-8-25/h4-8,13-14,17-18,20-23,26H,3,9-12,15-16,19H2,1-2H3/t22-,23?,26?/m1/s1. The molecule has 1 nitrogen and oxygen atoms in total. The Kier molecular flexibility index (Phi) is 8.37. The number of hydrogen-bond acceptors (Lipinski definition) is 1. The zero-order chi connectivity index (χ0) is 23.9. The van der Waals surface area contributed by atoms with Crippen LogP contribution in [0.2, 0.25) is 0 Å². The molecule has 0 heterocycles. The minimum Gasteiger partial charge on any atom is -0.494 e. The minimum atomic E-state index is -0.393. The average Bonchev–Trinajstić information content (AvgIpc) is 2.86. The van der Waals surface area contributed by atoms with E-state index < -0.39 is 11.6 Å². The topological polar surface area (TPSA) is 9.23 Å². The van der Waals surface area contributed by atoms with Crippen LogP contribution >= 0.6 is 0 Å². The van der Waals surface area contributed by atoms with E-state index in [1.807, 2.05) is 56.3 Å². The summed E-state index contributed by atoms with van der Waals surface area (Å²) in [6.45, 7) is 4.70. The molecule has 0 bridgehead atoms. The van der Waals surface area contributed by atoms with Crippen LogP contribution in [0.3, 0.4) is 0 Å². The lowest BCUT2D eigenvalue weighted by molar-refractivity contribution is 0.309. The van der Waals surface area contributed by atoms with Crippen LogP contribution < -0.4 is 4.74 Å². The Morgan fingerprint density at radius 3 is 2.15 bits per heavy atom. The molecular weight excluding hydrogens is 426 g/mol. The van der Waals surface area contributed by atoms with Gasteiger partial charge in [0.2, 0.25) is 0 Å². The van der Waals surface area contributed by atoms with Crippen LogP contribution in [0, 0.1) is 17.6 Å². The van der Waals surface area contributed by atoms with Gasteiger partial charge in [0.15, 0.2) is 0 Å². The summed E-state index contributed by atoms with van der Waals surface area (Å²) in [5.41, 5.74) is 3.49. The van der Waals surface area contributed by atoms with Crippen LogP contribution in [0.25, 0.3) is 0 Å². The van der Waals surface area contributed by atoms with E-state index in [4.69, 9.17) is 4.74 Å². The molecule has 1 aliphatic rings. The van der Waals surface area contributed by atoms with Gasteiger partial charge in [-0.25, -0.2) is 8.78 Å². The SMILES string of the molecule is CCOc1ccc(CCC2CCC(c3cc(F)c(C[C@@H](C)c4ccccc4)c(F)c3)CC2)cc1. The summed E-state index contributed by atoms with van der Waals surface area (Å²) in [5, 5.41) is 0. The van der Waals surface area contributed by atoms with Crippen molar-refractivity contribution in [2.75, 3.05) is 6.61 Å². The molecule has 180 valence electrons. The zero-order valence-electron chi connectivity index (χ0n) is 20.4. The summed E-state index contributed by atoms with van der Waals surface area (Å²) >= 11 is 0. The molecule has 34 heavy (non-hydrogen) atoms. The first-order valence-corrected chi connectivity index (χ1v) is 12.8. The Morgan fingerprint density at radius 2 is 1.53 bits per heavy atom. The normalized spacial score (nSPS) is 19.1. The Labute approximate surface area is 203 Å². The van der Waals surface area contributed by atoms with Crippen molar-refractivity contribution in [3.63, 3.8) is 0 Å². The number of ether oxygens (including phenoxy) is 1. The third kappa shape index (κ3) is 6.25. The van der Waals surface area contributed by atoms with Gasteiger partial charge in [-0.2, -0.15) is 0 Å². The second-order valence-corrected chi connectivity index (χ2v) is 9.81. The van der Waals surface area contributed by atoms with Crippen LogP contribution in [0.4, 0.5) is 8.78 Å². The number of hydrogen-bond donors (Lipinski definition) is 0. The van der Waals surface area contributed by atoms with Gasteiger partial charge in [-0.05, 0) is 111 Å². The van der Waals surface area contributed by atoms with Crippen LogP contribution in [-0.4, -0.2) is 6.61 Å². The molecule has 0 spiro atoms. The van der Waals surface area contributed by atoms with Crippen molar-refractivity contribution in [1.29, 1.82) is 0 Å². The molecule has 1 aliphatic carbocycles. The molecule has 1 fully saturated rings. The van der Waals surface area contributed by atoms with Crippen molar-refractivity contribution < 1.29 is 13.5 Å². The second kappa shape index (κ2) is 11.6. The molecule has 0 saturated heterocycles. The molecule has 3 aromatic rings. The maximum Gasteiger partial charge on any atom is 0.129 e. The number of benzene rings is 3. The van der Waals surface area contributed by atoms with Crippen LogP contribution in [-0.2, 0) is 12.8 Å². The van der Waals surface area contributed by atoms with Crippen molar-refractivity contribution in [2.45, 2.75) is 70.6 Å². The number of rotatable bonds is 9. The fraction of sp³-hybridized carbons (Fsp3) is 0.419. The summed E-state index contributed by atoms with van der Waals surface area (Å²) in [4.78, 5) is 0. The van der Waals surface area contributed by atoms with Crippen molar-refractivity contribution in [3.05, 3.63) is 101 Å². The molecule has 0 radical (unpaired) electrons. The van der Waals surface area contributed by atoms with Gasteiger partial charge in [0.25, 0.3) is 0 Å². The smallest absolute Gasteiger partial charge is 0.129 e. The van der Waals surface area contributed by atoms with E-state index in [0.29, 0.717) is 18.9 Å². The lowest BCUT2D eigenvalue weighted by Gasteiger charge is -2.29. The molecule has 0 N–H and O–H groups in total. The highest BCUT2D eigenvalue weighted by molar-refractivity contribution is 5.31. The molecule has 0 aromatic heterocycles. The predicted octanol–water partition coefficient (Wildman–Crippen LogP) is 8.62. The summed E-state index contributed by atoms with van der Waals surface area (Å²) in [5.74, 6) is 1.15. The third-order valence-corrected chi connectivity index (χ3v) is 7.44. The quantitative estimate of drug-likeness (QED) is 0.309. The first-order valence-electron chi connectivity index (χ1n) is 12.8. The Hall–Kier alpha value is -2.68. The Morgan fingerprint density at radius 1 is 0.882 bits per heavy atom. The fourth-order valence-corrected chi connectivity index (χ4v) is 5.33. The summed E-state index contributed by atoms with van der Waals surface area (Å²) in [7, 11) is 0. The second-order valence-electron chi connectivity index (χ2n) is 9.81. The van der Waals surface area contributed by atoms with E-state index in [1.165, 1.54) is 12.0 Å². The van der Waals surface area contributed by atoms with Gasteiger partial charge in [-0.3, -0.25) is 0 Å². The van der Waals surface area contributed by atoms with Gasteiger partial charge in [0.1, 0.15) is 17.4 Å². The van der Waals surface area contributed by atoms with Gasteiger partial charge in [0, 0.05) is 5.56 Å². The molecule has 0 unspecified atom stereocenters. The highest BCUT2D eigenvalue weighted by atomic mass is 19.1. The van der Waals surface area contributed by atoms with Crippen LogP contribution in [0.1, 0.15) is 80.0 Å². The van der Waals surface area contributed by atoms with Gasteiger partial charge >= 0.3 is 0 Å². The average molecular weight is 463 g/mol. The van der Waals surface area contributed by atoms with Crippen molar-refractivity contribution in [2.24, 2.45) is 5.92 Å². The van der Waals surface area contributed by atoms with Crippen molar-refractivity contribution in [3.8, 4) is 5.75 Å². The van der Waals surface area contributed by atoms with Gasteiger partial charge in [0.05, 0.1) is 6.61 Å². The molecule has 3 heteroatoms. The molecule has 1 atom stereocenters. The maximum absolute atomic E-state index is 15.0. The monoisotopic (exact) mass is 462 g/mol. The first kappa shape index (κ1) is 24.4. The fourth-order valence-electron chi connectivity index (χ4n) is 5.33. The summed E-state index contributed by atoms with van der Waals surface area (Å²) in [6.07, 6.45) is 6.87. The van der Waals surface area contributed by atoms with Gasteiger partial charge in [-0.15, -0.1) is 0 Å². The zero-order valence-corrected chi connectivity index (χ0v) is 20.4. The molecule has 0 amide bonds. The first-order chi connectivity index (χ1) is 16.5. The maximum atomic E-state index is 15.0. The number of aryl methyl sites for hydroxylation is 1. The molecule has 4 rings (SSSR count). The molecule has 3 aromatic carbocycles. The van der Waals surface area contributed by atoms with E-state index in [1.54, 1.807) is 12.1 Å². The molecule has 0 aliphatic heterocycles. The predicted molar refractivity (Wildman–Crippen MR) is 136 cm³/mol. The van der Waals surface area contributed by atoms with E-state index in [0.717, 1.165) is 49.0 Å². The van der Waals surface area contributed by atoms with E-state index in [-0.39, 0.29) is 17.4 Å². The lowest BCUT2D eigenvalue weighted by atomic mass is 9.76. The van der Waals surface area contributed by atoms with E-state index >= 15 is 0 Å². The van der Waals surface area contributed by atoms with Gasteiger partial charge in [-0.1, -0.05) is 49.4 Å². The Bertz CT molecular complexity index is 1010. The van der Waals surface area contributed by atoms with Gasteiger partial charge < -0.3 is 4.74 Å². The number of halogens is 2. The van der Waals surface area contributed by atoms with Crippen LogP contribution in [0.5, 0.6) is 5.75 Å².